The van der Waals surface area contributed by atoms with Crippen LogP contribution >= 0.6 is 23.2 Å². The van der Waals surface area contributed by atoms with Crippen molar-refractivity contribution in [2.75, 3.05) is 0 Å². The minimum Gasteiger partial charge on any atom is -0.459 e. The van der Waals surface area contributed by atoms with Crippen molar-refractivity contribution in [3.05, 3.63) is 45.1 Å². The molecule has 0 aromatic heterocycles. The summed E-state index contributed by atoms with van der Waals surface area (Å²) in [6, 6.07) is 4.04. The summed E-state index contributed by atoms with van der Waals surface area (Å²) in [4.78, 5) is 24.8. The minimum atomic E-state index is -0.637. The average Bonchev–Trinajstić information content (AvgIpc) is 2.54. The van der Waals surface area contributed by atoms with Crippen LogP contribution in [0.15, 0.2) is 29.5 Å². The van der Waals surface area contributed by atoms with Crippen LogP contribution in [-0.2, 0) is 9.53 Å². The third-order valence-electron chi connectivity index (χ3n) is 3.77. The Balaban J connectivity index is 2.50. The van der Waals surface area contributed by atoms with Crippen LogP contribution in [-0.4, -0.2) is 18.1 Å². The molecule has 1 aliphatic heterocycles. The molecular formula is C18H22Cl2N2O3. The molecule has 1 unspecified atom stereocenters. The molecule has 0 spiro atoms. The standard InChI is InChI=1S/C18H22Cl2N2O3/c1-4-5-6-14-15(17(23)25-10(2)3)16(22-18(24)21-14)11-7-8-12(19)13(20)9-11/h7-10,16H,4-6H2,1-3H3,(H2,21,22,24). The zero-order valence-corrected chi connectivity index (χ0v) is 16.0. The molecule has 0 fully saturated rings. The monoisotopic (exact) mass is 384 g/mol. The second-order valence-electron chi connectivity index (χ2n) is 6.15. The summed E-state index contributed by atoms with van der Waals surface area (Å²) in [6.07, 6.45) is 2.11. The molecule has 0 saturated carbocycles. The van der Waals surface area contributed by atoms with Gasteiger partial charge in [-0.15, -0.1) is 0 Å². The van der Waals surface area contributed by atoms with E-state index in [2.05, 4.69) is 10.6 Å². The van der Waals surface area contributed by atoms with E-state index in [9.17, 15) is 9.59 Å². The molecule has 1 aromatic rings. The summed E-state index contributed by atoms with van der Waals surface area (Å²) >= 11 is 12.1. The van der Waals surface area contributed by atoms with E-state index < -0.39 is 12.0 Å². The van der Waals surface area contributed by atoms with Gasteiger partial charge in [-0.2, -0.15) is 0 Å². The van der Waals surface area contributed by atoms with Crippen LogP contribution < -0.4 is 10.6 Å². The third-order valence-corrected chi connectivity index (χ3v) is 4.51. The quantitative estimate of drug-likeness (QED) is 0.695. The molecule has 2 N–H and O–H groups in total. The maximum absolute atomic E-state index is 12.7. The summed E-state index contributed by atoms with van der Waals surface area (Å²) in [5.41, 5.74) is 1.67. The molecule has 7 heteroatoms. The fraction of sp³-hybridized carbons (Fsp3) is 0.444. The number of urea groups is 1. The zero-order chi connectivity index (χ0) is 18.6. The van der Waals surface area contributed by atoms with Crippen LogP contribution in [0.1, 0.15) is 51.6 Å². The Morgan fingerprint density at radius 1 is 1.28 bits per heavy atom. The molecule has 1 aliphatic rings. The number of esters is 1. The smallest absolute Gasteiger partial charge is 0.338 e. The van der Waals surface area contributed by atoms with Crippen LogP contribution in [0.25, 0.3) is 0 Å². The number of ether oxygens (including phenoxy) is 1. The topological polar surface area (TPSA) is 67.4 Å². The minimum absolute atomic E-state index is 0.264. The lowest BCUT2D eigenvalue weighted by atomic mass is 9.93. The van der Waals surface area contributed by atoms with Gasteiger partial charge in [-0.1, -0.05) is 42.6 Å². The van der Waals surface area contributed by atoms with Gasteiger partial charge in [0.05, 0.1) is 27.8 Å². The third kappa shape index (κ3) is 4.89. The number of allylic oxidation sites excluding steroid dienone is 1. The number of rotatable bonds is 6. The van der Waals surface area contributed by atoms with Gasteiger partial charge in [-0.25, -0.2) is 9.59 Å². The number of hydrogen-bond donors (Lipinski definition) is 2. The van der Waals surface area contributed by atoms with E-state index in [0.717, 1.165) is 12.8 Å². The normalized spacial score (nSPS) is 17.4. The molecule has 25 heavy (non-hydrogen) atoms. The first kappa shape index (κ1) is 19.6. The van der Waals surface area contributed by atoms with Crippen molar-refractivity contribution in [3.63, 3.8) is 0 Å². The molecule has 1 atom stereocenters. The van der Waals surface area contributed by atoms with Crippen LogP contribution in [0.5, 0.6) is 0 Å². The summed E-state index contributed by atoms with van der Waals surface area (Å²) in [6.45, 7) is 5.62. The Kier molecular flexibility index (Phi) is 6.73. The van der Waals surface area contributed by atoms with Gasteiger partial charge in [-0.05, 0) is 44.4 Å². The van der Waals surface area contributed by atoms with E-state index in [-0.39, 0.29) is 12.1 Å². The molecule has 0 saturated heterocycles. The zero-order valence-electron chi connectivity index (χ0n) is 14.5. The predicted octanol–water partition coefficient (Wildman–Crippen LogP) is 4.74. The highest BCUT2D eigenvalue weighted by Gasteiger charge is 2.34. The summed E-state index contributed by atoms with van der Waals surface area (Å²) in [5, 5.41) is 6.30. The van der Waals surface area contributed by atoms with Gasteiger partial charge >= 0.3 is 12.0 Å². The van der Waals surface area contributed by atoms with Crippen molar-refractivity contribution in [1.82, 2.24) is 10.6 Å². The Morgan fingerprint density at radius 3 is 2.60 bits per heavy atom. The molecule has 5 nitrogen and oxygen atoms in total. The first-order chi connectivity index (χ1) is 11.8. The number of benzene rings is 1. The van der Waals surface area contributed by atoms with Gasteiger partial charge in [0.2, 0.25) is 0 Å². The maximum atomic E-state index is 12.7. The van der Waals surface area contributed by atoms with Gasteiger partial charge in [0.1, 0.15) is 0 Å². The lowest BCUT2D eigenvalue weighted by Crippen LogP contribution is -2.46. The van der Waals surface area contributed by atoms with Gasteiger partial charge < -0.3 is 15.4 Å². The largest absolute Gasteiger partial charge is 0.459 e. The van der Waals surface area contributed by atoms with Gasteiger partial charge in [0, 0.05) is 5.70 Å². The molecule has 1 aromatic carbocycles. The second-order valence-corrected chi connectivity index (χ2v) is 6.97. The van der Waals surface area contributed by atoms with Crippen molar-refractivity contribution >= 4 is 35.2 Å². The van der Waals surface area contributed by atoms with Gasteiger partial charge in [0.15, 0.2) is 0 Å². The molecule has 0 radical (unpaired) electrons. The lowest BCUT2D eigenvalue weighted by Gasteiger charge is -2.30. The van der Waals surface area contributed by atoms with Gasteiger partial charge in [-0.3, -0.25) is 0 Å². The van der Waals surface area contributed by atoms with E-state index in [1.165, 1.54) is 0 Å². The van der Waals surface area contributed by atoms with Crippen LogP contribution in [0, 0.1) is 0 Å². The van der Waals surface area contributed by atoms with E-state index >= 15 is 0 Å². The van der Waals surface area contributed by atoms with E-state index in [1.807, 2.05) is 6.92 Å². The predicted molar refractivity (Wildman–Crippen MR) is 98.6 cm³/mol. The first-order valence-electron chi connectivity index (χ1n) is 8.30. The number of carbonyl (C=O) groups excluding carboxylic acids is 2. The summed E-state index contributed by atoms with van der Waals surface area (Å²) in [7, 11) is 0. The molecule has 2 amide bonds. The van der Waals surface area contributed by atoms with E-state index in [4.69, 9.17) is 27.9 Å². The number of nitrogens with one attached hydrogen (secondary N) is 2. The number of hydrogen-bond acceptors (Lipinski definition) is 3. The highest BCUT2D eigenvalue weighted by Crippen LogP contribution is 2.33. The first-order valence-corrected chi connectivity index (χ1v) is 9.05. The highest BCUT2D eigenvalue weighted by atomic mass is 35.5. The number of amides is 2. The Labute approximate surface area is 157 Å². The van der Waals surface area contributed by atoms with E-state index in [1.54, 1.807) is 32.0 Å². The molecule has 0 bridgehead atoms. The molecular weight excluding hydrogens is 363 g/mol. The maximum Gasteiger partial charge on any atom is 0.338 e. The average molecular weight is 385 g/mol. The highest BCUT2D eigenvalue weighted by molar-refractivity contribution is 6.42. The number of unbranched alkanes of at least 4 members (excludes halogenated alkanes) is 1. The van der Waals surface area contributed by atoms with Crippen molar-refractivity contribution in [2.45, 2.75) is 52.2 Å². The molecule has 1 heterocycles. The van der Waals surface area contributed by atoms with Crippen LogP contribution in [0.4, 0.5) is 4.79 Å². The summed E-state index contributed by atoms with van der Waals surface area (Å²) in [5.74, 6) is -0.454. The fourth-order valence-electron chi connectivity index (χ4n) is 2.63. The Hall–Kier alpha value is -1.72. The summed E-state index contributed by atoms with van der Waals surface area (Å²) < 4.78 is 5.39. The number of halogens is 2. The lowest BCUT2D eigenvalue weighted by molar-refractivity contribution is -0.143. The van der Waals surface area contributed by atoms with Crippen molar-refractivity contribution in [2.24, 2.45) is 0 Å². The van der Waals surface area contributed by atoms with Crippen molar-refractivity contribution in [3.8, 4) is 0 Å². The van der Waals surface area contributed by atoms with Crippen molar-refractivity contribution in [1.29, 1.82) is 0 Å². The van der Waals surface area contributed by atoms with Gasteiger partial charge in [0.25, 0.3) is 0 Å². The van der Waals surface area contributed by atoms with Crippen LogP contribution in [0.3, 0.4) is 0 Å². The van der Waals surface area contributed by atoms with Crippen molar-refractivity contribution < 1.29 is 14.3 Å². The number of carbonyl (C=O) groups is 2. The molecule has 2 rings (SSSR count). The Bertz CT molecular complexity index is 702. The van der Waals surface area contributed by atoms with E-state index in [0.29, 0.717) is 33.3 Å². The molecule has 0 aliphatic carbocycles. The SMILES string of the molecule is CCCCC1=C(C(=O)OC(C)C)C(c2ccc(Cl)c(Cl)c2)NC(=O)N1. The van der Waals surface area contributed by atoms with Crippen LogP contribution in [0.2, 0.25) is 10.0 Å². The fourth-order valence-corrected chi connectivity index (χ4v) is 2.94. The second kappa shape index (κ2) is 8.59. The Morgan fingerprint density at radius 2 is 2.00 bits per heavy atom. The molecule has 136 valence electrons.